The minimum absolute atomic E-state index is 0. The molecule has 0 saturated carbocycles. The first-order valence-electron chi connectivity index (χ1n) is 9.92. The van der Waals surface area contributed by atoms with Gasteiger partial charge in [-0.05, 0) is 42.8 Å². The number of ether oxygens (including phenoxy) is 2. The Balaban J connectivity index is 0.00000300. The van der Waals surface area contributed by atoms with E-state index in [1.165, 1.54) is 34.5 Å². The van der Waals surface area contributed by atoms with Crippen LogP contribution in [0, 0.1) is 0 Å². The molecule has 0 unspecified atom stereocenters. The maximum Gasteiger partial charge on any atom is 0.134 e. The van der Waals surface area contributed by atoms with E-state index in [9.17, 15) is 0 Å². The van der Waals surface area contributed by atoms with Crippen LogP contribution in [-0.2, 0) is 9.47 Å². The standard InChI is InChI=1S/C24H30O2PSi.HI/c1-25-24(26-2)28-20-12-19-27(21-13-6-3-7-14-21,22-15-8-4-9-16-22)23-17-10-5-11-18-23;/h3-11,13-18,24H,12,19-20,28H2,1-2H3;1H/q+1;/p-1. The number of methoxy groups -OCH3 is 2. The van der Waals surface area contributed by atoms with E-state index in [2.05, 4.69) is 91.0 Å². The Labute approximate surface area is 195 Å². The van der Waals surface area contributed by atoms with Crippen LogP contribution in [0.2, 0.25) is 6.04 Å². The molecule has 0 spiro atoms. The average molecular weight is 536 g/mol. The Morgan fingerprint density at radius 1 is 0.690 bits per heavy atom. The van der Waals surface area contributed by atoms with Crippen LogP contribution in [-0.4, -0.2) is 35.8 Å². The molecule has 3 aromatic carbocycles. The fraction of sp³-hybridized carbons (Fsp3) is 0.250. The molecule has 0 saturated heterocycles. The van der Waals surface area contributed by atoms with Crippen LogP contribution in [0.3, 0.4) is 0 Å². The molecule has 0 heterocycles. The van der Waals surface area contributed by atoms with Crippen molar-refractivity contribution in [3.05, 3.63) is 91.0 Å². The predicted octanol–water partition coefficient (Wildman–Crippen LogP) is 0.538. The lowest BCUT2D eigenvalue weighted by Crippen LogP contribution is -3.00. The van der Waals surface area contributed by atoms with Crippen molar-refractivity contribution in [2.24, 2.45) is 0 Å². The van der Waals surface area contributed by atoms with Crippen LogP contribution in [0.15, 0.2) is 91.0 Å². The first-order valence-corrected chi connectivity index (χ1v) is 13.7. The molecule has 5 heteroatoms. The van der Waals surface area contributed by atoms with Crippen LogP contribution in [0.1, 0.15) is 6.42 Å². The van der Waals surface area contributed by atoms with E-state index >= 15 is 0 Å². The topological polar surface area (TPSA) is 18.5 Å². The Bertz CT molecular complexity index is 717. The van der Waals surface area contributed by atoms with E-state index < -0.39 is 16.8 Å². The maximum absolute atomic E-state index is 5.43. The Morgan fingerprint density at radius 3 is 1.41 bits per heavy atom. The van der Waals surface area contributed by atoms with Gasteiger partial charge in [-0.1, -0.05) is 60.6 Å². The van der Waals surface area contributed by atoms with Gasteiger partial charge in [-0.25, -0.2) is 0 Å². The molecule has 0 atom stereocenters. The van der Waals surface area contributed by atoms with Crippen LogP contribution in [0.5, 0.6) is 0 Å². The Hall–Kier alpha value is -1.04. The van der Waals surface area contributed by atoms with Crippen LogP contribution in [0.25, 0.3) is 0 Å². The number of rotatable bonds is 10. The highest BCUT2D eigenvalue weighted by atomic mass is 127. The summed E-state index contributed by atoms with van der Waals surface area (Å²) in [5.41, 5.74) is 0. The van der Waals surface area contributed by atoms with Crippen molar-refractivity contribution >= 4 is 32.7 Å². The van der Waals surface area contributed by atoms with Crippen molar-refractivity contribution in [3.8, 4) is 0 Å². The predicted molar refractivity (Wildman–Crippen MR) is 126 cm³/mol. The van der Waals surface area contributed by atoms with Gasteiger partial charge in [-0.2, -0.15) is 0 Å². The largest absolute Gasteiger partial charge is 1.00 e. The smallest absolute Gasteiger partial charge is 0.134 e. The molecular formula is C24H30IO2PSi. The van der Waals surface area contributed by atoms with E-state index in [0.29, 0.717) is 0 Å². The van der Waals surface area contributed by atoms with Crippen LogP contribution >= 0.6 is 7.26 Å². The molecule has 0 aromatic heterocycles. The van der Waals surface area contributed by atoms with Crippen molar-refractivity contribution in [2.45, 2.75) is 18.4 Å². The highest BCUT2D eigenvalue weighted by molar-refractivity contribution is 7.95. The van der Waals surface area contributed by atoms with Gasteiger partial charge in [0.15, 0.2) is 0 Å². The van der Waals surface area contributed by atoms with Crippen molar-refractivity contribution in [2.75, 3.05) is 20.4 Å². The summed E-state index contributed by atoms with van der Waals surface area (Å²) in [6, 6.07) is 34.5. The van der Waals surface area contributed by atoms with Gasteiger partial charge in [-0.15, -0.1) is 0 Å². The third-order valence-corrected chi connectivity index (χ3v) is 11.9. The number of hydrogen-bond acceptors (Lipinski definition) is 2. The molecule has 0 bridgehead atoms. The van der Waals surface area contributed by atoms with Gasteiger partial charge >= 0.3 is 0 Å². The molecule has 2 nitrogen and oxygen atoms in total. The van der Waals surface area contributed by atoms with Gasteiger partial charge in [0.2, 0.25) is 0 Å². The van der Waals surface area contributed by atoms with E-state index in [0.717, 1.165) is 0 Å². The second-order valence-corrected chi connectivity index (χ2v) is 12.5. The quantitative estimate of drug-likeness (QED) is 0.124. The second-order valence-electron chi connectivity index (χ2n) is 6.94. The third kappa shape index (κ3) is 5.99. The van der Waals surface area contributed by atoms with Crippen molar-refractivity contribution in [3.63, 3.8) is 0 Å². The van der Waals surface area contributed by atoms with E-state index in [1.807, 2.05) is 0 Å². The lowest BCUT2D eigenvalue weighted by molar-refractivity contribution is -0.0441. The first-order chi connectivity index (χ1) is 13.8. The maximum atomic E-state index is 5.43. The Morgan fingerprint density at radius 2 is 1.07 bits per heavy atom. The summed E-state index contributed by atoms with van der Waals surface area (Å²) in [7, 11) is 1.39. The van der Waals surface area contributed by atoms with Crippen molar-refractivity contribution < 1.29 is 33.5 Å². The molecule has 0 fully saturated rings. The van der Waals surface area contributed by atoms with Gasteiger partial charge < -0.3 is 33.5 Å². The van der Waals surface area contributed by atoms with Crippen LogP contribution < -0.4 is 39.9 Å². The lowest BCUT2D eigenvalue weighted by atomic mass is 10.4. The summed E-state index contributed by atoms with van der Waals surface area (Å²) in [5, 5.41) is 4.39. The minimum Gasteiger partial charge on any atom is -1.00 e. The molecule has 3 aromatic rings. The van der Waals surface area contributed by atoms with Crippen LogP contribution in [0.4, 0.5) is 0 Å². The zero-order valence-electron chi connectivity index (χ0n) is 17.2. The summed E-state index contributed by atoms with van der Waals surface area (Å²) < 4.78 is 10.9. The molecule has 0 N–H and O–H groups in total. The van der Waals surface area contributed by atoms with Gasteiger partial charge in [0.05, 0.1) is 15.7 Å². The fourth-order valence-corrected chi connectivity index (χ4v) is 10.0. The molecule has 29 heavy (non-hydrogen) atoms. The first kappa shape index (κ1) is 24.2. The minimum atomic E-state index is -1.69. The van der Waals surface area contributed by atoms with Gasteiger partial charge in [0.1, 0.15) is 29.1 Å². The highest BCUT2D eigenvalue weighted by Crippen LogP contribution is 2.55. The third-order valence-electron chi connectivity index (χ3n) is 5.30. The SMILES string of the molecule is COC(OC)[SiH2]CCC[P+](c1ccccc1)(c1ccccc1)c1ccccc1.[I-]. The van der Waals surface area contributed by atoms with E-state index in [-0.39, 0.29) is 29.9 Å². The van der Waals surface area contributed by atoms with Gasteiger partial charge in [-0.3, -0.25) is 0 Å². The van der Waals surface area contributed by atoms with Crippen molar-refractivity contribution in [1.29, 1.82) is 0 Å². The van der Waals surface area contributed by atoms with E-state index in [4.69, 9.17) is 9.47 Å². The summed E-state index contributed by atoms with van der Waals surface area (Å²) in [5.74, 6) is 0.0258. The van der Waals surface area contributed by atoms with Gasteiger partial charge in [0, 0.05) is 14.2 Å². The monoisotopic (exact) mass is 536 g/mol. The second kappa shape index (κ2) is 12.6. The molecule has 3 rings (SSSR count). The number of benzene rings is 3. The fourth-order valence-electron chi connectivity index (χ4n) is 3.87. The molecule has 0 radical (unpaired) electrons. The molecule has 0 aliphatic rings. The summed E-state index contributed by atoms with van der Waals surface area (Å²) in [6.45, 7) is 0. The Kier molecular flexibility index (Phi) is 10.5. The normalized spacial score (nSPS) is 11.7. The highest BCUT2D eigenvalue weighted by Gasteiger charge is 2.44. The average Bonchev–Trinajstić information content (AvgIpc) is 2.78. The lowest BCUT2D eigenvalue weighted by Gasteiger charge is -2.28. The summed E-state index contributed by atoms with van der Waals surface area (Å²) in [6.07, 6.45) is 2.38. The van der Waals surface area contributed by atoms with Crippen molar-refractivity contribution in [1.82, 2.24) is 0 Å². The molecule has 0 aliphatic carbocycles. The number of halogens is 1. The summed E-state index contributed by atoms with van der Waals surface area (Å²) >= 11 is 0. The number of hydrogen-bond donors (Lipinski definition) is 0. The zero-order valence-corrected chi connectivity index (χ0v) is 21.7. The molecule has 154 valence electrons. The zero-order chi connectivity index (χ0) is 19.7. The molecular weight excluding hydrogens is 506 g/mol. The molecule has 0 aliphatic heterocycles. The molecule has 0 amide bonds. The van der Waals surface area contributed by atoms with Gasteiger partial charge in [0.25, 0.3) is 0 Å². The summed E-state index contributed by atoms with van der Waals surface area (Å²) in [4.78, 5) is 0. The van der Waals surface area contributed by atoms with E-state index in [1.54, 1.807) is 14.2 Å².